The molecule has 0 fully saturated rings. The molecule has 1 rings (SSSR count). The van der Waals surface area contributed by atoms with Gasteiger partial charge in [-0.3, -0.25) is 4.79 Å². The Balaban J connectivity index is 2.07. The minimum atomic E-state index is 0.649. The van der Waals surface area contributed by atoms with Gasteiger partial charge in [-0.15, -0.1) is 0 Å². The van der Waals surface area contributed by atoms with E-state index < -0.39 is 0 Å². The third-order valence-corrected chi connectivity index (χ3v) is 2.59. The van der Waals surface area contributed by atoms with Gasteiger partial charge < -0.3 is 4.42 Å². The van der Waals surface area contributed by atoms with E-state index in [9.17, 15) is 4.79 Å². The first-order chi connectivity index (χ1) is 7.36. The smallest absolute Gasteiger partial charge is 0.153 e. The summed E-state index contributed by atoms with van der Waals surface area (Å²) in [6.07, 6.45) is 11.0. The Kier molecular flexibility index (Phi) is 5.83. The van der Waals surface area contributed by atoms with Gasteiger partial charge in [0.1, 0.15) is 12.0 Å². The monoisotopic (exact) mass is 208 g/mol. The van der Waals surface area contributed by atoms with E-state index in [4.69, 9.17) is 4.42 Å². The topological polar surface area (TPSA) is 30.2 Å². The predicted molar refractivity (Wildman–Crippen MR) is 61.2 cm³/mol. The van der Waals surface area contributed by atoms with Crippen LogP contribution in [0.2, 0.25) is 0 Å². The molecular weight excluding hydrogens is 188 g/mol. The van der Waals surface area contributed by atoms with Crippen molar-refractivity contribution in [2.45, 2.75) is 51.9 Å². The van der Waals surface area contributed by atoms with Crippen molar-refractivity contribution in [1.82, 2.24) is 0 Å². The first-order valence-electron chi connectivity index (χ1n) is 5.89. The van der Waals surface area contributed by atoms with Crippen LogP contribution in [0.1, 0.15) is 61.6 Å². The normalized spacial score (nSPS) is 10.5. The van der Waals surface area contributed by atoms with Gasteiger partial charge >= 0.3 is 0 Å². The van der Waals surface area contributed by atoms with Gasteiger partial charge in [-0.05, 0) is 12.5 Å². The number of carbonyl (C=O) groups excluding carboxylic acids is 1. The highest BCUT2D eigenvalue weighted by molar-refractivity contribution is 5.74. The average Bonchev–Trinajstić information content (AvgIpc) is 2.71. The summed E-state index contributed by atoms with van der Waals surface area (Å²) >= 11 is 0. The lowest BCUT2D eigenvalue weighted by molar-refractivity contribution is 0.112. The van der Waals surface area contributed by atoms with Crippen LogP contribution in [0.25, 0.3) is 0 Å². The van der Waals surface area contributed by atoms with Gasteiger partial charge in [-0.25, -0.2) is 0 Å². The minimum Gasteiger partial charge on any atom is -0.469 e. The van der Waals surface area contributed by atoms with Gasteiger partial charge in [0.05, 0.1) is 5.56 Å². The molecule has 1 aromatic rings. The fraction of sp³-hybridized carbons (Fsp3) is 0.615. The molecule has 0 bridgehead atoms. The summed E-state index contributed by atoms with van der Waals surface area (Å²) in [4.78, 5) is 10.4. The molecular formula is C13H20O2. The summed E-state index contributed by atoms with van der Waals surface area (Å²) < 4.78 is 5.25. The number of hydrogen-bond acceptors (Lipinski definition) is 2. The second-order valence-electron chi connectivity index (χ2n) is 3.98. The van der Waals surface area contributed by atoms with Crippen LogP contribution in [0.4, 0.5) is 0 Å². The van der Waals surface area contributed by atoms with Crippen molar-refractivity contribution in [2.24, 2.45) is 0 Å². The number of unbranched alkanes of at least 4 members (excludes halogenated alkanes) is 5. The summed E-state index contributed by atoms with van der Waals surface area (Å²) in [6, 6.07) is 1.83. The predicted octanol–water partition coefficient (Wildman–Crippen LogP) is 4.00. The SMILES string of the molecule is CCCCCCCCc1cc(C=O)co1. The van der Waals surface area contributed by atoms with Gasteiger partial charge in [0.2, 0.25) is 0 Å². The Morgan fingerprint density at radius 3 is 2.60 bits per heavy atom. The van der Waals surface area contributed by atoms with Crippen LogP contribution >= 0.6 is 0 Å². The lowest BCUT2D eigenvalue weighted by atomic mass is 10.1. The standard InChI is InChI=1S/C13H20O2/c1-2-3-4-5-6-7-8-13-9-12(10-14)11-15-13/h9-11H,2-8H2,1H3. The van der Waals surface area contributed by atoms with Crippen molar-refractivity contribution >= 4 is 6.29 Å². The largest absolute Gasteiger partial charge is 0.469 e. The van der Waals surface area contributed by atoms with E-state index in [0.29, 0.717) is 5.56 Å². The highest BCUT2D eigenvalue weighted by atomic mass is 16.3. The van der Waals surface area contributed by atoms with E-state index in [1.54, 1.807) is 0 Å². The Bertz CT molecular complexity index is 276. The molecule has 0 saturated carbocycles. The Morgan fingerprint density at radius 2 is 1.93 bits per heavy atom. The molecule has 2 nitrogen and oxygen atoms in total. The van der Waals surface area contributed by atoms with Gasteiger partial charge in [0.25, 0.3) is 0 Å². The summed E-state index contributed by atoms with van der Waals surface area (Å²) in [5.41, 5.74) is 0.649. The maximum atomic E-state index is 10.4. The zero-order chi connectivity index (χ0) is 10.9. The lowest BCUT2D eigenvalue weighted by Crippen LogP contribution is -1.83. The van der Waals surface area contributed by atoms with E-state index in [0.717, 1.165) is 24.9 Å². The van der Waals surface area contributed by atoms with Crippen LogP contribution < -0.4 is 0 Å². The van der Waals surface area contributed by atoms with Crippen LogP contribution in [0, 0.1) is 0 Å². The Morgan fingerprint density at radius 1 is 1.20 bits per heavy atom. The van der Waals surface area contributed by atoms with E-state index in [1.807, 2.05) is 6.07 Å². The quantitative estimate of drug-likeness (QED) is 0.477. The van der Waals surface area contributed by atoms with E-state index in [2.05, 4.69) is 6.92 Å². The van der Waals surface area contributed by atoms with Crippen LogP contribution in [-0.4, -0.2) is 6.29 Å². The van der Waals surface area contributed by atoms with Crippen molar-refractivity contribution < 1.29 is 9.21 Å². The van der Waals surface area contributed by atoms with Gasteiger partial charge in [0.15, 0.2) is 6.29 Å². The molecule has 0 spiro atoms. The van der Waals surface area contributed by atoms with Crippen molar-refractivity contribution in [2.75, 3.05) is 0 Å². The number of hydrogen-bond donors (Lipinski definition) is 0. The molecule has 0 aliphatic rings. The second kappa shape index (κ2) is 7.27. The summed E-state index contributed by atoms with van der Waals surface area (Å²) in [6.45, 7) is 2.23. The molecule has 0 N–H and O–H groups in total. The summed E-state index contributed by atoms with van der Waals surface area (Å²) in [5.74, 6) is 0.938. The maximum absolute atomic E-state index is 10.4. The van der Waals surface area contributed by atoms with Gasteiger partial charge in [-0.1, -0.05) is 39.0 Å². The van der Waals surface area contributed by atoms with E-state index in [1.165, 1.54) is 38.4 Å². The second-order valence-corrected chi connectivity index (χ2v) is 3.98. The molecule has 0 unspecified atom stereocenters. The number of rotatable bonds is 8. The number of aldehydes is 1. The molecule has 0 aromatic carbocycles. The molecule has 84 valence electrons. The van der Waals surface area contributed by atoms with Crippen molar-refractivity contribution in [3.05, 3.63) is 23.7 Å². The fourth-order valence-corrected chi connectivity index (χ4v) is 1.67. The number of aryl methyl sites for hydroxylation is 1. The maximum Gasteiger partial charge on any atom is 0.153 e. The molecule has 2 heteroatoms. The molecule has 1 aromatic heterocycles. The third kappa shape index (κ3) is 4.82. The summed E-state index contributed by atoms with van der Waals surface area (Å²) in [5, 5.41) is 0. The fourth-order valence-electron chi connectivity index (χ4n) is 1.67. The zero-order valence-electron chi connectivity index (χ0n) is 9.50. The van der Waals surface area contributed by atoms with Gasteiger partial charge in [0, 0.05) is 6.42 Å². The highest BCUT2D eigenvalue weighted by Crippen LogP contribution is 2.11. The highest BCUT2D eigenvalue weighted by Gasteiger charge is 2.00. The Labute approximate surface area is 91.7 Å². The van der Waals surface area contributed by atoms with Crippen LogP contribution in [-0.2, 0) is 6.42 Å². The zero-order valence-corrected chi connectivity index (χ0v) is 9.50. The lowest BCUT2D eigenvalue weighted by Gasteiger charge is -1.98. The van der Waals surface area contributed by atoms with Crippen molar-refractivity contribution in [3.63, 3.8) is 0 Å². The Hall–Kier alpha value is -1.05. The van der Waals surface area contributed by atoms with Crippen LogP contribution in [0.15, 0.2) is 16.7 Å². The molecule has 0 aliphatic carbocycles. The van der Waals surface area contributed by atoms with Crippen LogP contribution in [0.5, 0.6) is 0 Å². The average molecular weight is 208 g/mol. The molecule has 0 atom stereocenters. The van der Waals surface area contributed by atoms with Crippen LogP contribution in [0.3, 0.4) is 0 Å². The van der Waals surface area contributed by atoms with Crippen molar-refractivity contribution in [1.29, 1.82) is 0 Å². The molecule has 0 radical (unpaired) electrons. The molecule has 0 aliphatic heterocycles. The van der Waals surface area contributed by atoms with E-state index >= 15 is 0 Å². The number of furan rings is 1. The molecule has 0 amide bonds. The summed E-state index contributed by atoms with van der Waals surface area (Å²) in [7, 11) is 0. The number of carbonyl (C=O) groups is 1. The van der Waals surface area contributed by atoms with Crippen molar-refractivity contribution in [3.8, 4) is 0 Å². The van der Waals surface area contributed by atoms with Gasteiger partial charge in [-0.2, -0.15) is 0 Å². The molecule has 0 saturated heterocycles. The molecule has 15 heavy (non-hydrogen) atoms. The first kappa shape index (κ1) is 12.0. The molecule has 1 heterocycles. The third-order valence-electron chi connectivity index (χ3n) is 2.59. The first-order valence-corrected chi connectivity index (χ1v) is 5.89. The minimum absolute atomic E-state index is 0.649. The van der Waals surface area contributed by atoms with E-state index in [-0.39, 0.29) is 0 Å².